The summed E-state index contributed by atoms with van der Waals surface area (Å²) in [4.78, 5) is 44.1. The van der Waals surface area contributed by atoms with Crippen molar-refractivity contribution in [3.63, 3.8) is 0 Å². The Morgan fingerprint density at radius 1 is 1.18 bits per heavy atom. The number of fused-ring (bicyclic) bond motifs is 1. The van der Waals surface area contributed by atoms with E-state index in [1.54, 1.807) is 0 Å². The average molecular weight is 530 g/mol. The van der Waals surface area contributed by atoms with E-state index in [9.17, 15) is 19.5 Å². The fraction of sp³-hybridized carbons (Fsp3) is 0.217. The van der Waals surface area contributed by atoms with Gasteiger partial charge >= 0.3 is 5.97 Å². The molecular formula is C23H19N3O4S4. The number of thiophene rings is 1. The van der Waals surface area contributed by atoms with Crippen molar-refractivity contribution in [3.8, 4) is 11.3 Å². The molecule has 1 saturated heterocycles. The van der Waals surface area contributed by atoms with Gasteiger partial charge in [-0.3, -0.25) is 14.5 Å². The van der Waals surface area contributed by atoms with Gasteiger partial charge in [-0.2, -0.15) is 0 Å². The average Bonchev–Trinajstić information content (AvgIpc) is 3.53. The number of aliphatic carboxylic acids is 1. The molecule has 0 spiro atoms. The van der Waals surface area contributed by atoms with Crippen LogP contribution in [0.15, 0.2) is 68.8 Å². The van der Waals surface area contributed by atoms with Gasteiger partial charge in [0.25, 0.3) is 5.91 Å². The number of amides is 2. The van der Waals surface area contributed by atoms with Crippen LogP contribution in [0.25, 0.3) is 11.3 Å². The maximum Gasteiger partial charge on any atom is 0.352 e. The molecule has 1 fully saturated rings. The van der Waals surface area contributed by atoms with Gasteiger partial charge in [0.2, 0.25) is 5.91 Å². The monoisotopic (exact) mass is 529 g/mol. The lowest BCUT2D eigenvalue weighted by Crippen LogP contribution is -2.70. The van der Waals surface area contributed by atoms with E-state index in [0.29, 0.717) is 17.1 Å². The molecule has 1 unspecified atom stereocenters. The molecular weight excluding hydrogens is 511 g/mol. The summed E-state index contributed by atoms with van der Waals surface area (Å²) in [6.07, 6.45) is 0.209. The van der Waals surface area contributed by atoms with Crippen molar-refractivity contribution in [1.82, 2.24) is 15.2 Å². The number of benzene rings is 1. The summed E-state index contributed by atoms with van der Waals surface area (Å²) in [5.41, 5.74) is 2.64. The van der Waals surface area contributed by atoms with Crippen LogP contribution in [-0.4, -0.2) is 55.7 Å². The van der Waals surface area contributed by atoms with Gasteiger partial charge in [0, 0.05) is 27.3 Å². The number of thioether (sulfide) groups is 2. The molecule has 2 aliphatic heterocycles. The summed E-state index contributed by atoms with van der Waals surface area (Å²) < 4.78 is 0.844. The summed E-state index contributed by atoms with van der Waals surface area (Å²) in [6.45, 7) is 0. The zero-order valence-electron chi connectivity index (χ0n) is 17.7. The molecule has 0 bridgehead atoms. The standard InChI is InChI=1S/C23H19N3O4S4/c27-17(9-15-7-4-8-31-15)25-18-20(28)26-19(22(29)30)14(10-32-21(18)26)11-33-23-24-16(12-34-23)13-5-2-1-3-6-13/h1-8,12,18,21H,9-11H2,(H,25,27)(H,29,30)/t18?,21-/m1/s1. The lowest BCUT2D eigenvalue weighted by molar-refractivity contribution is -0.150. The zero-order chi connectivity index (χ0) is 23.7. The first-order valence-electron chi connectivity index (χ1n) is 10.4. The minimum absolute atomic E-state index is 0.0323. The summed E-state index contributed by atoms with van der Waals surface area (Å²) in [5.74, 6) is -0.820. The summed E-state index contributed by atoms with van der Waals surface area (Å²) in [7, 11) is 0. The molecule has 2 amide bonds. The number of carbonyl (C=O) groups excluding carboxylic acids is 2. The van der Waals surface area contributed by atoms with Crippen LogP contribution in [0.3, 0.4) is 0 Å². The van der Waals surface area contributed by atoms with Crippen LogP contribution in [-0.2, 0) is 20.8 Å². The molecule has 0 radical (unpaired) electrons. The number of nitrogens with one attached hydrogen (secondary N) is 1. The summed E-state index contributed by atoms with van der Waals surface area (Å²) >= 11 is 5.95. The molecule has 0 aliphatic carbocycles. The van der Waals surface area contributed by atoms with Crippen LogP contribution in [0.4, 0.5) is 0 Å². The molecule has 7 nitrogen and oxygen atoms in total. The van der Waals surface area contributed by atoms with E-state index >= 15 is 0 Å². The SMILES string of the molecule is O=C(Cc1cccs1)NC1C(=O)N2C(C(=O)O)=C(CSc3nc(-c4ccccc4)cs3)CS[C@H]12. The van der Waals surface area contributed by atoms with Crippen LogP contribution in [0.1, 0.15) is 4.88 Å². The third-order valence-electron chi connectivity index (χ3n) is 5.40. The molecule has 5 rings (SSSR count). The minimum atomic E-state index is -1.12. The van der Waals surface area contributed by atoms with Gasteiger partial charge in [0.05, 0.1) is 12.1 Å². The van der Waals surface area contributed by atoms with Crippen LogP contribution >= 0.6 is 46.2 Å². The highest BCUT2D eigenvalue weighted by Gasteiger charge is 2.54. The number of carboxylic acid groups (broad SMARTS) is 1. The van der Waals surface area contributed by atoms with Crippen LogP contribution in [0, 0.1) is 0 Å². The van der Waals surface area contributed by atoms with E-state index < -0.39 is 17.4 Å². The number of β-lactam (4-membered cyclic amide) rings is 1. The van der Waals surface area contributed by atoms with Gasteiger partial charge in [0.1, 0.15) is 17.1 Å². The van der Waals surface area contributed by atoms with Gasteiger partial charge in [-0.25, -0.2) is 9.78 Å². The lowest BCUT2D eigenvalue weighted by Gasteiger charge is -2.49. The zero-order valence-corrected chi connectivity index (χ0v) is 20.9. The molecule has 34 heavy (non-hydrogen) atoms. The number of nitrogens with zero attached hydrogens (tertiary/aromatic N) is 2. The number of rotatable bonds is 8. The van der Waals surface area contributed by atoms with E-state index in [1.807, 2.05) is 53.2 Å². The molecule has 2 N–H and O–H groups in total. The minimum Gasteiger partial charge on any atom is -0.477 e. The Bertz CT molecular complexity index is 1260. The highest BCUT2D eigenvalue weighted by Crippen LogP contribution is 2.42. The van der Waals surface area contributed by atoms with E-state index in [4.69, 9.17) is 0 Å². The van der Waals surface area contributed by atoms with Crippen LogP contribution < -0.4 is 5.32 Å². The summed E-state index contributed by atoms with van der Waals surface area (Å²) in [5, 5.41) is 16.1. The van der Waals surface area contributed by atoms with E-state index in [2.05, 4.69) is 10.3 Å². The molecule has 2 aliphatic rings. The molecule has 174 valence electrons. The van der Waals surface area contributed by atoms with Gasteiger partial charge in [-0.1, -0.05) is 48.2 Å². The third kappa shape index (κ3) is 4.65. The Balaban J connectivity index is 1.25. The number of hydrogen-bond donors (Lipinski definition) is 2. The Morgan fingerprint density at radius 2 is 2.00 bits per heavy atom. The van der Waals surface area contributed by atoms with Crippen molar-refractivity contribution in [2.24, 2.45) is 0 Å². The van der Waals surface area contributed by atoms with Crippen molar-refractivity contribution < 1.29 is 19.5 Å². The van der Waals surface area contributed by atoms with E-state index in [-0.39, 0.29) is 23.9 Å². The van der Waals surface area contributed by atoms with E-state index in [1.165, 1.54) is 51.1 Å². The predicted octanol–water partition coefficient (Wildman–Crippen LogP) is 3.95. The number of aromatic nitrogens is 1. The maximum absolute atomic E-state index is 12.8. The van der Waals surface area contributed by atoms with Crippen molar-refractivity contribution in [1.29, 1.82) is 0 Å². The van der Waals surface area contributed by atoms with Gasteiger partial charge < -0.3 is 10.4 Å². The predicted molar refractivity (Wildman–Crippen MR) is 136 cm³/mol. The quantitative estimate of drug-likeness (QED) is 0.337. The molecule has 2 atom stereocenters. The second-order valence-corrected chi connectivity index (χ2v) is 11.8. The molecule has 2 aromatic heterocycles. The number of carbonyl (C=O) groups is 3. The molecule has 4 heterocycles. The van der Waals surface area contributed by atoms with Crippen molar-refractivity contribution in [3.05, 3.63) is 69.4 Å². The van der Waals surface area contributed by atoms with Crippen molar-refractivity contribution >= 4 is 64.0 Å². The van der Waals surface area contributed by atoms with Gasteiger partial charge in [-0.15, -0.1) is 34.4 Å². The number of carboxylic acids is 1. The fourth-order valence-electron chi connectivity index (χ4n) is 3.80. The first-order valence-corrected chi connectivity index (χ1v) is 14.2. The largest absolute Gasteiger partial charge is 0.477 e. The Morgan fingerprint density at radius 3 is 2.74 bits per heavy atom. The van der Waals surface area contributed by atoms with E-state index in [0.717, 1.165) is 20.5 Å². The van der Waals surface area contributed by atoms with Crippen LogP contribution in [0.5, 0.6) is 0 Å². The lowest BCUT2D eigenvalue weighted by atomic mass is 10.0. The molecule has 3 aromatic rings. The highest BCUT2D eigenvalue weighted by molar-refractivity contribution is 8.01. The molecule has 11 heteroatoms. The molecule has 0 saturated carbocycles. The maximum atomic E-state index is 12.8. The smallest absolute Gasteiger partial charge is 0.352 e. The second kappa shape index (κ2) is 9.95. The Kier molecular flexibility index (Phi) is 6.77. The Hall–Kier alpha value is -2.60. The fourth-order valence-corrected chi connectivity index (χ4v) is 7.83. The summed E-state index contributed by atoms with van der Waals surface area (Å²) in [6, 6.07) is 12.9. The Labute approximate surface area is 212 Å². The number of thiazole rings is 1. The van der Waals surface area contributed by atoms with Gasteiger partial charge in [0.15, 0.2) is 4.34 Å². The highest BCUT2D eigenvalue weighted by atomic mass is 32.2. The first kappa shape index (κ1) is 23.2. The topological polar surface area (TPSA) is 99.6 Å². The van der Waals surface area contributed by atoms with Crippen molar-refractivity contribution in [2.75, 3.05) is 11.5 Å². The van der Waals surface area contributed by atoms with Gasteiger partial charge in [-0.05, 0) is 17.0 Å². The molecule has 1 aromatic carbocycles. The van der Waals surface area contributed by atoms with Crippen LogP contribution in [0.2, 0.25) is 0 Å². The number of hydrogen-bond acceptors (Lipinski definition) is 8. The second-order valence-electron chi connectivity index (χ2n) is 7.62. The van der Waals surface area contributed by atoms with Crippen molar-refractivity contribution in [2.45, 2.75) is 22.2 Å². The normalized spacial score (nSPS) is 19.5. The first-order chi connectivity index (χ1) is 16.5. The third-order valence-corrected chi connectivity index (χ3v) is 9.73.